The standard InChI is InChI=1S/C16H18FNO2/c1-11(18)12-7-8-16(14(17)9-12)20-10-13-5-3-4-6-15(13)19-2/h3-9,11H,10,18H2,1-2H3/t11-/m1/s1. The summed E-state index contributed by atoms with van der Waals surface area (Å²) in [5, 5.41) is 0. The van der Waals surface area contributed by atoms with Gasteiger partial charge in [-0.05, 0) is 30.7 Å². The van der Waals surface area contributed by atoms with E-state index in [0.29, 0.717) is 0 Å². The molecular weight excluding hydrogens is 257 g/mol. The molecule has 0 unspecified atom stereocenters. The lowest BCUT2D eigenvalue weighted by atomic mass is 10.1. The summed E-state index contributed by atoms with van der Waals surface area (Å²) in [5.74, 6) is 0.523. The molecule has 3 nitrogen and oxygen atoms in total. The molecule has 0 amide bonds. The Kier molecular flexibility index (Phi) is 4.58. The number of halogens is 1. The summed E-state index contributed by atoms with van der Waals surface area (Å²) in [6, 6.07) is 12.1. The minimum absolute atomic E-state index is 0.201. The van der Waals surface area contributed by atoms with Crippen molar-refractivity contribution < 1.29 is 13.9 Å². The summed E-state index contributed by atoms with van der Waals surface area (Å²) < 4.78 is 24.6. The van der Waals surface area contributed by atoms with Gasteiger partial charge in [0.05, 0.1) is 7.11 Å². The van der Waals surface area contributed by atoms with Crippen LogP contribution in [0.2, 0.25) is 0 Å². The van der Waals surface area contributed by atoms with Gasteiger partial charge >= 0.3 is 0 Å². The predicted molar refractivity (Wildman–Crippen MR) is 76.3 cm³/mol. The molecule has 2 aromatic rings. The summed E-state index contributed by atoms with van der Waals surface area (Å²) in [6.45, 7) is 2.06. The van der Waals surface area contributed by atoms with Crippen LogP contribution in [-0.4, -0.2) is 7.11 Å². The van der Waals surface area contributed by atoms with Crippen LogP contribution in [0, 0.1) is 5.82 Å². The van der Waals surface area contributed by atoms with Crippen molar-refractivity contribution in [3.05, 3.63) is 59.4 Å². The molecular formula is C16H18FNO2. The second kappa shape index (κ2) is 6.39. The molecule has 0 radical (unpaired) electrons. The summed E-state index contributed by atoms with van der Waals surface area (Å²) >= 11 is 0. The Morgan fingerprint density at radius 1 is 1.15 bits per heavy atom. The second-order valence-corrected chi connectivity index (χ2v) is 4.58. The zero-order valence-electron chi connectivity index (χ0n) is 11.6. The number of nitrogens with two attached hydrogens (primary N) is 1. The first-order chi connectivity index (χ1) is 9.61. The average Bonchev–Trinajstić information content (AvgIpc) is 2.46. The maximum Gasteiger partial charge on any atom is 0.165 e. The van der Waals surface area contributed by atoms with Crippen LogP contribution in [0.4, 0.5) is 4.39 Å². The molecule has 0 saturated heterocycles. The number of para-hydroxylation sites is 1. The normalized spacial score (nSPS) is 12.0. The third-order valence-corrected chi connectivity index (χ3v) is 3.06. The van der Waals surface area contributed by atoms with Gasteiger partial charge in [0.25, 0.3) is 0 Å². The van der Waals surface area contributed by atoms with Crippen molar-refractivity contribution in [1.29, 1.82) is 0 Å². The molecule has 2 N–H and O–H groups in total. The molecule has 0 heterocycles. The molecule has 0 aliphatic carbocycles. The molecule has 4 heteroatoms. The molecule has 2 aromatic carbocycles. The quantitative estimate of drug-likeness (QED) is 0.909. The molecule has 0 aliphatic heterocycles. The van der Waals surface area contributed by atoms with E-state index in [4.69, 9.17) is 15.2 Å². The van der Waals surface area contributed by atoms with Crippen LogP contribution >= 0.6 is 0 Å². The Bertz CT molecular complexity index is 584. The Morgan fingerprint density at radius 3 is 2.55 bits per heavy atom. The summed E-state index contributed by atoms with van der Waals surface area (Å²) in [6.07, 6.45) is 0. The fourth-order valence-electron chi connectivity index (χ4n) is 1.90. The van der Waals surface area contributed by atoms with Crippen LogP contribution < -0.4 is 15.2 Å². The molecule has 0 aliphatic rings. The van der Waals surface area contributed by atoms with E-state index in [1.165, 1.54) is 6.07 Å². The number of methoxy groups -OCH3 is 1. The van der Waals surface area contributed by atoms with Crippen LogP contribution in [0.5, 0.6) is 11.5 Å². The highest BCUT2D eigenvalue weighted by atomic mass is 19.1. The highest BCUT2D eigenvalue weighted by molar-refractivity contribution is 5.34. The van der Waals surface area contributed by atoms with Gasteiger partial charge in [-0.25, -0.2) is 4.39 Å². The van der Waals surface area contributed by atoms with E-state index in [0.717, 1.165) is 16.9 Å². The molecule has 0 spiro atoms. The second-order valence-electron chi connectivity index (χ2n) is 4.58. The predicted octanol–water partition coefficient (Wildman–Crippen LogP) is 3.43. The lowest BCUT2D eigenvalue weighted by Crippen LogP contribution is -2.06. The van der Waals surface area contributed by atoms with Crippen LogP contribution in [0.1, 0.15) is 24.1 Å². The highest BCUT2D eigenvalue weighted by Gasteiger charge is 2.09. The third kappa shape index (κ3) is 3.27. The molecule has 20 heavy (non-hydrogen) atoms. The lowest BCUT2D eigenvalue weighted by Gasteiger charge is -2.12. The number of hydrogen-bond donors (Lipinski definition) is 1. The van der Waals surface area contributed by atoms with Crippen molar-refractivity contribution >= 4 is 0 Å². The Hall–Kier alpha value is -2.07. The fourth-order valence-corrected chi connectivity index (χ4v) is 1.90. The summed E-state index contributed by atoms with van der Waals surface area (Å²) in [4.78, 5) is 0. The van der Waals surface area contributed by atoms with Crippen molar-refractivity contribution in [2.75, 3.05) is 7.11 Å². The Labute approximate surface area is 118 Å². The minimum Gasteiger partial charge on any atom is -0.496 e. The Morgan fingerprint density at radius 2 is 1.90 bits per heavy atom. The topological polar surface area (TPSA) is 44.5 Å². The maximum absolute atomic E-state index is 13.9. The van der Waals surface area contributed by atoms with E-state index in [9.17, 15) is 4.39 Å². The van der Waals surface area contributed by atoms with E-state index in [1.807, 2.05) is 31.2 Å². The van der Waals surface area contributed by atoms with E-state index in [-0.39, 0.29) is 18.4 Å². The van der Waals surface area contributed by atoms with Crippen molar-refractivity contribution in [2.45, 2.75) is 19.6 Å². The highest BCUT2D eigenvalue weighted by Crippen LogP contribution is 2.24. The SMILES string of the molecule is COc1ccccc1COc1ccc([C@@H](C)N)cc1F. The van der Waals surface area contributed by atoms with Crippen LogP contribution in [0.3, 0.4) is 0 Å². The van der Waals surface area contributed by atoms with Gasteiger partial charge in [-0.1, -0.05) is 24.3 Å². The van der Waals surface area contributed by atoms with E-state index in [1.54, 1.807) is 19.2 Å². The largest absolute Gasteiger partial charge is 0.496 e. The van der Waals surface area contributed by atoms with Crippen molar-refractivity contribution in [3.8, 4) is 11.5 Å². The molecule has 0 saturated carbocycles. The van der Waals surface area contributed by atoms with Crippen molar-refractivity contribution in [1.82, 2.24) is 0 Å². The Balaban J connectivity index is 2.11. The first-order valence-corrected chi connectivity index (χ1v) is 6.41. The van der Waals surface area contributed by atoms with Gasteiger partial charge in [0.2, 0.25) is 0 Å². The van der Waals surface area contributed by atoms with Gasteiger partial charge in [0, 0.05) is 11.6 Å². The molecule has 106 valence electrons. The molecule has 2 rings (SSSR count). The molecule has 1 atom stereocenters. The van der Waals surface area contributed by atoms with Gasteiger partial charge < -0.3 is 15.2 Å². The van der Waals surface area contributed by atoms with E-state index >= 15 is 0 Å². The van der Waals surface area contributed by atoms with E-state index < -0.39 is 5.82 Å². The summed E-state index contributed by atoms with van der Waals surface area (Å²) in [7, 11) is 1.59. The first-order valence-electron chi connectivity index (χ1n) is 6.41. The van der Waals surface area contributed by atoms with Crippen molar-refractivity contribution in [2.24, 2.45) is 5.73 Å². The number of rotatable bonds is 5. The first kappa shape index (κ1) is 14.3. The van der Waals surface area contributed by atoms with Gasteiger partial charge in [-0.3, -0.25) is 0 Å². The van der Waals surface area contributed by atoms with Gasteiger partial charge in [0.1, 0.15) is 12.4 Å². The molecule has 0 fully saturated rings. The van der Waals surface area contributed by atoms with Crippen LogP contribution in [-0.2, 0) is 6.61 Å². The number of hydrogen-bond acceptors (Lipinski definition) is 3. The average molecular weight is 275 g/mol. The smallest absolute Gasteiger partial charge is 0.165 e. The lowest BCUT2D eigenvalue weighted by molar-refractivity contribution is 0.282. The monoisotopic (exact) mass is 275 g/mol. The third-order valence-electron chi connectivity index (χ3n) is 3.06. The number of benzene rings is 2. The molecule has 0 aromatic heterocycles. The van der Waals surface area contributed by atoms with Crippen molar-refractivity contribution in [3.63, 3.8) is 0 Å². The van der Waals surface area contributed by atoms with E-state index in [2.05, 4.69) is 0 Å². The van der Waals surface area contributed by atoms with Crippen LogP contribution in [0.25, 0.3) is 0 Å². The fraction of sp³-hybridized carbons (Fsp3) is 0.250. The van der Waals surface area contributed by atoms with Gasteiger partial charge in [0.15, 0.2) is 11.6 Å². The van der Waals surface area contributed by atoms with Gasteiger partial charge in [-0.15, -0.1) is 0 Å². The van der Waals surface area contributed by atoms with Crippen LogP contribution in [0.15, 0.2) is 42.5 Å². The zero-order chi connectivity index (χ0) is 14.5. The molecule has 0 bridgehead atoms. The maximum atomic E-state index is 13.9. The minimum atomic E-state index is -0.408. The zero-order valence-corrected chi connectivity index (χ0v) is 11.6. The summed E-state index contributed by atoms with van der Waals surface area (Å²) in [5.41, 5.74) is 7.32. The number of ether oxygens (including phenoxy) is 2. The van der Waals surface area contributed by atoms with Gasteiger partial charge in [-0.2, -0.15) is 0 Å².